The fourth-order valence-electron chi connectivity index (χ4n) is 1.27. The Morgan fingerprint density at radius 3 is 1.57 bits per heavy atom. The first-order chi connectivity index (χ1) is 11.8. The van der Waals surface area contributed by atoms with Gasteiger partial charge >= 0.3 is 71.2 Å². The second kappa shape index (κ2) is 10.6. The Hall–Kier alpha value is 1.12. The van der Waals surface area contributed by atoms with Crippen LogP contribution in [0.15, 0.2) is 3.77 Å². The van der Waals surface area contributed by atoms with Gasteiger partial charge in [0.25, 0.3) is 10.0 Å². The van der Waals surface area contributed by atoms with Crippen LogP contribution in [0.1, 0.15) is 1.43 Å². The van der Waals surface area contributed by atoms with Crippen molar-refractivity contribution in [1.29, 1.82) is 0 Å². The summed E-state index contributed by atoms with van der Waals surface area (Å²) in [5.74, 6) is -1.37. The Kier molecular flexibility index (Phi) is 11.9. The summed E-state index contributed by atoms with van der Waals surface area (Å²) in [6.07, 6.45) is 0. The van der Waals surface area contributed by atoms with Crippen molar-refractivity contribution in [3.63, 3.8) is 0 Å². The number of nitrogens with zero attached hydrogens (tertiary/aromatic N) is 2. The van der Waals surface area contributed by atoms with E-state index in [9.17, 15) is 47.4 Å². The summed E-state index contributed by atoms with van der Waals surface area (Å²) < 4.78 is 149. The third kappa shape index (κ3) is 8.34. The minimum atomic E-state index is -6.96. The molecule has 0 rings (SSSR count). The fourth-order valence-corrected chi connectivity index (χ4v) is 8.38. The maximum atomic E-state index is 12.8. The number of hydrogen-bond acceptors (Lipinski definition) is 8. The van der Waals surface area contributed by atoms with E-state index < -0.39 is 61.6 Å². The number of hydrogen-bond donors (Lipinski definition) is 0. The molecule has 0 saturated heterocycles. The van der Waals surface area contributed by atoms with Crippen molar-refractivity contribution in [3.8, 4) is 0 Å². The molecule has 0 aliphatic rings. The summed E-state index contributed by atoms with van der Waals surface area (Å²) in [6.45, 7) is 0. The van der Waals surface area contributed by atoms with Gasteiger partial charge in [-0.25, -0.2) is 16.8 Å². The molecule has 1 unspecified atom stereocenters. The molecule has 0 saturated carbocycles. The number of alkyl halides is 6. The van der Waals surface area contributed by atoms with Crippen LogP contribution >= 0.6 is 0 Å². The Balaban J connectivity index is -0.00000338. The first-order valence-electron chi connectivity index (χ1n) is 6.09. The van der Waals surface area contributed by atoms with Gasteiger partial charge in [0, 0.05) is 27.4 Å². The predicted octanol–water partition coefficient (Wildman–Crippen LogP) is -1.56. The van der Waals surface area contributed by atoms with Gasteiger partial charge in [-0.15, -0.1) is 3.77 Å². The van der Waals surface area contributed by atoms with Gasteiger partial charge in [0.1, 0.15) is 0 Å². The van der Waals surface area contributed by atoms with Crippen molar-refractivity contribution in [2.24, 2.45) is 3.77 Å². The van der Waals surface area contributed by atoms with Gasteiger partial charge in [-0.05, 0) is 0 Å². The molecule has 0 spiro atoms. The van der Waals surface area contributed by atoms with Gasteiger partial charge < -0.3 is 18.8 Å². The molecular weight excluding hydrogens is 517 g/mol. The van der Waals surface area contributed by atoms with Crippen LogP contribution in [0.4, 0.5) is 26.3 Å². The van der Waals surface area contributed by atoms with Gasteiger partial charge in [-0.1, -0.05) is 0 Å². The molecule has 28 heavy (non-hydrogen) atoms. The van der Waals surface area contributed by atoms with Crippen LogP contribution < -0.4 is 51.4 Å². The van der Waals surface area contributed by atoms with Crippen LogP contribution in [0, 0.1) is 0 Å². The van der Waals surface area contributed by atoms with Crippen molar-refractivity contribution >= 4 is 38.8 Å². The van der Waals surface area contributed by atoms with Crippen LogP contribution in [0.25, 0.3) is 4.13 Å². The maximum Gasteiger partial charge on any atom is 1.00 e. The zero-order valence-corrected chi connectivity index (χ0v) is 21.1. The number of halogens is 6. The quantitative estimate of drug-likeness (QED) is 0.257. The molecule has 0 aromatic carbocycles. The van der Waals surface area contributed by atoms with Crippen molar-refractivity contribution in [2.45, 2.75) is 17.1 Å². The molecule has 0 amide bonds. The normalized spacial score (nSPS) is 16.2. The molecule has 0 bridgehead atoms. The molecule has 0 N–H and O–H groups in total. The van der Waals surface area contributed by atoms with Crippen LogP contribution in [0.3, 0.4) is 0 Å². The zero-order chi connectivity index (χ0) is 21.9. The summed E-state index contributed by atoms with van der Waals surface area (Å²) in [4.78, 5) is 0. The molecule has 0 aromatic rings. The van der Waals surface area contributed by atoms with Crippen molar-refractivity contribution in [1.82, 2.24) is 0 Å². The molecule has 1 atom stereocenters. The molecule has 0 aliphatic carbocycles. The molecule has 10 nitrogen and oxygen atoms in total. The van der Waals surface area contributed by atoms with E-state index >= 15 is 0 Å². The van der Waals surface area contributed by atoms with Crippen LogP contribution in [0.5, 0.6) is 0 Å². The van der Waals surface area contributed by atoms with Crippen LogP contribution in [-0.4, -0.2) is 67.9 Å². The number of sulfonamides is 2. The second-order valence-electron chi connectivity index (χ2n) is 4.34. The minimum absolute atomic E-state index is 0. The predicted molar refractivity (Wildman–Crippen MR) is 81.4 cm³/mol. The van der Waals surface area contributed by atoms with Crippen LogP contribution in [0.2, 0.25) is 6.04 Å². The SMILES string of the molecule is CO[Si](CCS(=O)(=O)N=S(=O)([N-]S(=O)(=O)C(F)(F)F)C(F)(F)F)(OC)OC.[H-].[K+]. The van der Waals surface area contributed by atoms with E-state index in [2.05, 4.69) is 0 Å². The molecule has 0 aromatic heterocycles. The molecule has 0 fully saturated rings. The van der Waals surface area contributed by atoms with Gasteiger partial charge in [0.2, 0.25) is 0 Å². The van der Waals surface area contributed by atoms with Crippen molar-refractivity contribution < 1.29 is 113 Å². The summed E-state index contributed by atoms with van der Waals surface area (Å²) in [6, 6.07) is -0.734. The van der Waals surface area contributed by atoms with E-state index in [1.807, 2.05) is 0 Å². The monoisotopic (exact) mass is 531 g/mol. The first kappa shape index (κ1) is 31.3. The largest absolute Gasteiger partial charge is 1.00 e. The standard InChI is InChI=1S/C7H13F6N2O8S3Si.K.H/c1-21-27(22-2,23-3)5-4-24(16,17)14-25(18,6(8,9)10)15-26(19,20)7(11,12)13;;/h4-5H2,1-3H3;;/q-1;+1;-1. The van der Waals surface area contributed by atoms with E-state index in [-0.39, 0.29) is 52.8 Å². The average molecular weight is 532 g/mol. The van der Waals surface area contributed by atoms with E-state index in [0.717, 1.165) is 21.3 Å². The molecule has 0 heterocycles. The van der Waals surface area contributed by atoms with E-state index in [4.69, 9.17) is 13.3 Å². The summed E-state index contributed by atoms with van der Waals surface area (Å²) in [7, 11) is -19.7. The van der Waals surface area contributed by atoms with Crippen molar-refractivity contribution in [2.75, 3.05) is 27.1 Å². The Morgan fingerprint density at radius 2 is 1.29 bits per heavy atom. The molecule has 166 valence electrons. The van der Waals surface area contributed by atoms with Gasteiger partial charge in [-0.2, -0.15) is 26.3 Å². The summed E-state index contributed by atoms with van der Waals surface area (Å²) in [5, 5.41) is 0. The molecule has 0 radical (unpaired) electrons. The summed E-state index contributed by atoms with van der Waals surface area (Å²) >= 11 is 0. The van der Waals surface area contributed by atoms with E-state index in [1.54, 1.807) is 3.77 Å². The number of rotatable bonds is 9. The first-order valence-corrected chi connectivity index (χ1v) is 12.5. The average Bonchev–Trinajstić information content (AvgIpc) is 2.45. The topological polar surface area (TPSA) is 139 Å². The third-order valence-electron chi connectivity index (χ3n) is 2.61. The summed E-state index contributed by atoms with van der Waals surface area (Å²) in [5.41, 5.74) is -12.7. The fraction of sp³-hybridized carbons (Fsp3) is 1.00. The molecule has 21 heteroatoms. The van der Waals surface area contributed by atoms with Crippen LogP contribution in [-0.2, 0) is 43.2 Å². The Bertz CT molecular complexity index is 845. The van der Waals surface area contributed by atoms with Gasteiger partial charge in [0.15, 0.2) is 10.0 Å². The van der Waals surface area contributed by atoms with Gasteiger partial charge in [-0.3, -0.25) is 4.21 Å². The zero-order valence-electron chi connectivity index (χ0n) is 15.6. The minimum Gasteiger partial charge on any atom is -1.00 e. The van der Waals surface area contributed by atoms with E-state index in [0.29, 0.717) is 0 Å². The maximum absolute atomic E-state index is 12.8. The Morgan fingerprint density at radius 1 is 0.893 bits per heavy atom. The second-order valence-corrected chi connectivity index (χ2v) is 13.1. The van der Waals surface area contributed by atoms with E-state index in [1.165, 1.54) is 4.13 Å². The van der Waals surface area contributed by atoms with Crippen molar-refractivity contribution in [3.05, 3.63) is 4.13 Å². The Labute approximate surface area is 202 Å². The third-order valence-corrected chi connectivity index (χ3v) is 10.9. The smallest absolute Gasteiger partial charge is 1.00 e. The molecular formula is C7H14F6KN2O8S3Si-. The van der Waals surface area contributed by atoms with Gasteiger partial charge in [0.05, 0.1) is 15.7 Å². The molecule has 0 aliphatic heterocycles.